The van der Waals surface area contributed by atoms with E-state index in [1.807, 2.05) is 6.92 Å². The van der Waals surface area contributed by atoms with Crippen molar-refractivity contribution in [3.05, 3.63) is 59.9 Å². The van der Waals surface area contributed by atoms with Gasteiger partial charge in [-0.25, -0.2) is 9.97 Å². The maximum Gasteiger partial charge on any atom is 0.416 e. The van der Waals surface area contributed by atoms with Gasteiger partial charge in [-0.3, -0.25) is 9.88 Å². The van der Waals surface area contributed by atoms with E-state index in [9.17, 15) is 13.2 Å². The number of aryl methyl sites for hydroxylation is 1. The molecule has 3 heterocycles. The second-order valence-corrected chi connectivity index (χ2v) is 6.92. The van der Waals surface area contributed by atoms with Crippen LogP contribution in [0, 0.1) is 6.92 Å². The summed E-state index contributed by atoms with van der Waals surface area (Å²) >= 11 is 0. The maximum atomic E-state index is 12.7. The fourth-order valence-corrected chi connectivity index (χ4v) is 3.30. The van der Waals surface area contributed by atoms with Crippen molar-refractivity contribution in [1.29, 1.82) is 0 Å². The summed E-state index contributed by atoms with van der Waals surface area (Å²) in [7, 11) is 0. The molecule has 1 aliphatic heterocycles. The lowest BCUT2D eigenvalue weighted by molar-refractivity contribution is -0.137. The van der Waals surface area contributed by atoms with Gasteiger partial charge in [0.25, 0.3) is 0 Å². The third-order valence-corrected chi connectivity index (χ3v) is 4.97. The van der Waals surface area contributed by atoms with E-state index >= 15 is 0 Å². The molecule has 0 spiro atoms. The number of alkyl halides is 3. The number of halogens is 3. The second-order valence-electron chi connectivity index (χ2n) is 6.92. The van der Waals surface area contributed by atoms with Gasteiger partial charge in [0, 0.05) is 50.7 Å². The highest BCUT2D eigenvalue weighted by Crippen LogP contribution is 2.31. The topological polar surface area (TPSA) is 58.3 Å². The summed E-state index contributed by atoms with van der Waals surface area (Å²) < 4.78 is 43.9. The van der Waals surface area contributed by atoms with Crippen LogP contribution in [0.5, 0.6) is 0 Å². The van der Waals surface area contributed by atoms with Gasteiger partial charge in [0.05, 0.1) is 17.5 Å². The number of piperazine rings is 1. The highest BCUT2D eigenvalue weighted by atomic mass is 19.4. The zero-order valence-corrected chi connectivity index (χ0v) is 15.9. The summed E-state index contributed by atoms with van der Waals surface area (Å²) in [6, 6.07) is 4.86. The van der Waals surface area contributed by atoms with E-state index in [0.29, 0.717) is 23.8 Å². The monoisotopic (exact) mass is 403 g/mol. The summed E-state index contributed by atoms with van der Waals surface area (Å²) in [5, 5.41) is 0. The predicted octanol–water partition coefficient (Wildman–Crippen LogP) is 3.78. The quantitative estimate of drug-likeness (QED) is 0.661. The number of benzene rings is 1. The molecule has 1 saturated heterocycles. The first-order valence-electron chi connectivity index (χ1n) is 9.27. The lowest BCUT2D eigenvalue weighted by Gasteiger charge is -2.34. The van der Waals surface area contributed by atoms with Gasteiger partial charge in [-0.05, 0) is 31.2 Å². The van der Waals surface area contributed by atoms with E-state index in [-0.39, 0.29) is 0 Å². The molecule has 0 unspecified atom stereocenters. The molecule has 29 heavy (non-hydrogen) atoms. The number of nitrogens with zero attached hydrogens (tertiary/aromatic N) is 5. The van der Waals surface area contributed by atoms with E-state index < -0.39 is 11.7 Å². The number of hydrogen-bond donors (Lipinski definition) is 0. The Labute approximate surface area is 166 Å². The van der Waals surface area contributed by atoms with Gasteiger partial charge in [0.15, 0.2) is 0 Å². The van der Waals surface area contributed by atoms with Gasteiger partial charge in [0.1, 0.15) is 11.6 Å². The first-order valence-corrected chi connectivity index (χ1v) is 9.27. The van der Waals surface area contributed by atoms with E-state index in [1.165, 1.54) is 12.1 Å². The van der Waals surface area contributed by atoms with Crippen LogP contribution in [0.15, 0.2) is 47.3 Å². The minimum absolute atomic E-state index is 0.337. The zero-order chi connectivity index (χ0) is 20.4. The lowest BCUT2D eigenvalue weighted by atomic mass is 10.1. The Morgan fingerprint density at radius 1 is 1.03 bits per heavy atom. The van der Waals surface area contributed by atoms with Gasteiger partial charge in [-0.15, -0.1) is 0 Å². The summed E-state index contributed by atoms with van der Waals surface area (Å²) in [6.45, 7) is 5.82. The Balaban J connectivity index is 1.40. The average molecular weight is 403 g/mol. The van der Waals surface area contributed by atoms with Crippen molar-refractivity contribution in [2.24, 2.45) is 0 Å². The van der Waals surface area contributed by atoms with Crippen molar-refractivity contribution in [1.82, 2.24) is 19.9 Å². The number of anilines is 1. The third-order valence-electron chi connectivity index (χ3n) is 4.97. The molecule has 0 bridgehead atoms. The van der Waals surface area contributed by atoms with Crippen LogP contribution < -0.4 is 4.90 Å². The predicted molar refractivity (Wildman–Crippen MR) is 101 cm³/mol. The normalized spacial score (nSPS) is 15.7. The Morgan fingerprint density at radius 2 is 1.76 bits per heavy atom. The zero-order valence-electron chi connectivity index (χ0n) is 15.9. The van der Waals surface area contributed by atoms with Crippen LogP contribution in [0.3, 0.4) is 0 Å². The van der Waals surface area contributed by atoms with Crippen LogP contribution in [0.2, 0.25) is 0 Å². The van der Waals surface area contributed by atoms with Crippen LogP contribution in [0.25, 0.3) is 11.5 Å². The molecule has 9 heteroatoms. The Kier molecular flexibility index (Phi) is 5.23. The second kappa shape index (κ2) is 7.82. The fourth-order valence-electron chi connectivity index (χ4n) is 3.30. The molecule has 6 nitrogen and oxygen atoms in total. The summed E-state index contributed by atoms with van der Waals surface area (Å²) in [5.74, 6) is 1.88. The fraction of sp³-hybridized carbons (Fsp3) is 0.350. The van der Waals surface area contributed by atoms with Gasteiger partial charge in [-0.2, -0.15) is 13.2 Å². The lowest BCUT2D eigenvalue weighted by Crippen LogP contribution is -2.46. The molecule has 1 aromatic carbocycles. The number of oxazole rings is 1. The standard InChI is InChI=1S/C20H20F3N5O/c1-14-17(13-27-8-10-28(11-9-27)18-12-24-6-7-25-18)26-19(29-14)15-2-4-16(5-3-15)20(21,22)23/h2-7,12H,8-11,13H2,1H3. The van der Waals surface area contributed by atoms with Gasteiger partial charge < -0.3 is 9.32 Å². The van der Waals surface area contributed by atoms with Crippen LogP contribution in [-0.4, -0.2) is 46.0 Å². The molecule has 1 aliphatic rings. The van der Waals surface area contributed by atoms with E-state index in [1.54, 1.807) is 18.6 Å². The molecule has 0 amide bonds. The third kappa shape index (κ3) is 4.40. The van der Waals surface area contributed by atoms with Crippen LogP contribution >= 0.6 is 0 Å². The molecule has 2 aromatic heterocycles. The first kappa shape index (κ1) is 19.4. The van der Waals surface area contributed by atoms with Crippen molar-refractivity contribution in [3.63, 3.8) is 0 Å². The summed E-state index contributed by atoms with van der Waals surface area (Å²) in [6.07, 6.45) is 0.738. The Morgan fingerprint density at radius 3 is 2.38 bits per heavy atom. The Hall–Kier alpha value is -2.94. The highest BCUT2D eigenvalue weighted by molar-refractivity contribution is 5.54. The van der Waals surface area contributed by atoms with E-state index in [0.717, 1.165) is 49.8 Å². The molecule has 0 radical (unpaired) electrons. The van der Waals surface area contributed by atoms with Gasteiger partial charge >= 0.3 is 6.18 Å². The molecule has 0 atom stereocenters. The number of hydrogen-bond acceptors (Lipinski definition) is 6. The SMILES string of the molecule is Cc1oc(-c2ccc(C(F)(F)F)cc2)nc1CN1CCN(c2cnccn2)CC1. The van der Waals surface area contributed by atoms with E-state index in [2.05, 4.69) is 24.8 Å². The van der Waals surface area contributed by atoms with Crippen LogP contribution in [-0.2, 0) is 12.7 Å². The highest BCUT2D eigenvalue weighted by Gasteiger charge is 2.30. The molecular formula is C20H20F3N5O. The van der Waals surface area contributed by atoms with Crippen molar-refractivity contribution >= 4 is 5.82 Å². The van der Waals surface area contributed by atoms with Crippen molar-refractivity contribution in [2.75, 3.05) is 31.1 Å². The van der Waals surface area contributed by atoms with Gasteiger partial charge in [0.2, 0.25) is 5.89 Å². The molecule has 0 N–H and O–H groups in total. The molecule has 152 valence electrons. The average Bonchev–Trinajstić information content (AvgIpc) is 3.09. The summed E-state index contributed by atoms with van der Waals surface area (Å²) in [4.78, 5) is 17.4. The molecule has 4 rings (SSSR count). The van der Waals surface area contributed by atoms with E-state index in [4.69, 9.17) is 4.42 Å². The van der Waals surface area contributed by atoms with Gasteiger partial charge in [-0.1, -0.05) is 0 Å². The maximum absolute atomic E-state index is 12.7. The smallest absolute Gasteiger partial charge is 0.416 e. The van der Waals surface area contributed by atoms with Crippen molar-refractivity contribution in [2.45, 2.75) is 19.6 Å². The van der Waals surface area contributed by atoms with Crippen molar-refractivity contribution < 1.29 is 17.6 Å². The molecule has 1 fully saturated rings. The minimum atomic E-state index is -4.36. The molecule has 0 saturated carbocycles. The molecule has 0 aliphatic carbocycles. The largest absolute Gasteiger partial charge is 0.441 e. The number of rotatable bonds is 4. The van der Waals surface area contributed by atoms with Crippen LogP contribution in [0.4, 0.5) is 19.0 Å². The minimum Gasteiger partial charge on any atom is -0.441 e. The summed E-state index contributed by atoms with van der Waals surface area (Å²) in [5.41, 5.74) is 0.637. The van der Waals surface area contributed by atoms with Crippen LogP contribution in [0.1, 0.15) is 17.0 Å². The van der Waals surface area contributed by atoms with Crippen molar-refractivity contribution in [3.8, 4) is 11.5 Å². The molecule has 3 aromatic rings. The first-order chi connectivity index (χ1) is 13.9. The Bertz CT molecular complexity index is 948. The molecular weight excluding hydrogens is 383 g/mol. The number of aromatic nitrogens is 3.